The molecule has 3 rings (SSSR count). The molecule has 0 saturated carbocycles. The highest BCUT2D eigenvalue weighted by atomic mass is 16.5. The Morgan fingerprint density at radius 1 is 1.33 bits per heavy atom. The number of benzene rings is 1. The summed E-state index contributed by atoms with van der Waals surface area (Å²) in [6, 6.07) is 11.1. The van der Waals surface area contributed by atoms with E-state index in [4.69, 9.17) is 4.74 Å². The first-order valence-corrected chi connectivity index (χ1v) is 8.04. The average molecular weight is 327 g/mol. The molecule has 2 aromatic rings. The smallest absolute Gasteiger partial charge is 0.274 e. The van der Waals surface area contributed by atoms with Gasteiger partial charge in [0, 0.05) is 20.2 Å². The Bertz CT molecular complexity index is 800. The molecule has 126 valence electrons. The molecule has 0 N–H and O–H groups in total. The standard InChI is InChI=1S/C18H21N3O3/c1-20(16-9-7-13-5-3-4-6-14(13)16)18(23)15-8-10-17(22)21(19-15)11-12-24-2/h3-6,8,10,16H,7,9,11-12H2,1-2H3. The van der Waals surface area contributed by atoms with E-state index in [2.05, 4.69) is 17.2 Å². The van der Waals surface area contributed by atoms with E-state index in [9.17, 15) is 9.59 Å². The molecule has 6 heteroatoms. The molecule has 1 unspecified atom stereocenters. The van der Waals surface area contributed by atoms with Gasteiger partial charge in [-0.3, -0.25) is 9.59 Å². The number of aromatic nitrogens is 2. The van der Waals surface area contributed by atoms with Crippen molar-refractivity contribution in [3.05, 3.63) is 63.6 Å². The molecule has 0 fully saturated rings. The Hall–Kier alpha value is -2.47. The van der Waals surface area contributed by atoms with Crippen molar-refractivity contribution in [2.75, 3.05) is 20.8 Å². The quantitative estimate of drug-likeness (QED) is 0.838. The molecular weight excluding hydrogens is 306 g/mol. The Morgan fingerprint density at radius 2 is 2.12 bits per heavy atom. The van der Waals surface area contributed by atoms with Crippen LogP contribution in [-0.4, -0.2) is 41.4 Å². The predicted molar refractivity (Wildman–Crippen MR) is 90.0 cm³/mol. The Labute approximate surface area is 140 Å². The minimum atomic E-state index is -0.238. The van der Waals surface area contributed by atoms with Crippen LogP contribution in [0.4, 0.5) is 0 Å². The SMILES string of the molecule is COCCn1nc(C(=O)N(C)C2CCc3ccccc32)ccc1=O. The number of nitrogens with zero attached hydrogens (tertiary/aromatic N) is 3. The number of fused-ring (bicyclic) bond motifs is 1. The fraction of sp³-hybridized carbons (Fsp3) is 0.389. The van der Waals surface area contributed by atoms with Crippen molar-refractivity contribution in [2.24, 2.45) is 0 Å². The molecule has 0 saturated heterocycles. The molecule has 1 aliphatic rings. The summed E-state index contributed by atoms with van der Waals surface area (Å²) >= 11 is 0. The lowest BCUT2D eigenvalue weighted by atomic mass is 10.1. The molecule has 1 amide bonds. The molecule has 6 nitrogen and oxygen atoms in total. The maximum Gasteiger partial charge on any atom is 0.274 e. The van der Waals surface area contributed by atoms with Crippen LogP contribution in [0.25, 0.3) is 0 Å². The second-order valence-corrected chi connectivity index (χ2v) is 5.94. The molecule has 0 spiro atoms. The maximum atomic E-state index is 12.8. The summed E-state index contributed by atoms with van der Waals surface area (Å²) in [5.41, 5.74) is 2.52. The third-order valence-electron chi connectivity index (χ3n) is 4.48. The van der Waals surface area contributed by atoms with Crippen LogP contribution in [0.1, 0.15) is 34.1 Å². The minimum absolute atomic E-state index is 0.0508. The van der Waals surface area contributed by atoms with Gasteiger partial charge in [-0.1, -0.05) is 24.3 Å². The summed E-state index contributed by atoms with van der Waals surface area (Å²) in [6.45, 7) is 0.697. The van der Waals surface area contributed by atoms with Crippen LogP contribution < -0.4 is 5.56 Å². The highest BCUT2D eigenvalue weighted by molar-refractivity contribution is 5.92. The summed E-state index contributed by atoms with van der Waals surface area (Å²) in [6.07, 6.45) is 1.88. The average Bonchev–Trinajstić information content (AvgIpc) is 3.04. The highest BCUT2D eigenvalue weighted by Gasteiger charge is 2.29. The van der Waals surface area contributed by atoms with Crippen LogP contribution in [0.2, 0.25) is 0 Å². The second-order valence-electron chi connectivity index (χ2n) is 5.94. The molecule has 1 aromatic carbocycles. The van der Waals surface area contributed by atoms with E-state index in [0.29, 0.717) is 13.2 Å². The second kappa shape index (κ2) is 6.97. The van der Waals surface area contributed by atoms with E-state index in [-0.39, 0.29) is 23.2 Å². The summed E-state index contributed by atoms with van der Waals surface area (Å²) in [7, 11) is 3.35. The predicted octanol–water partition coefficient (Wildman–Crippen LogP) is 1.65. The van der Waals surface area contributed by atoms with Gasteiger partial charge in [-0.15, -0.1) is 0 Å². The van der Waals surface area contributed by atoms with Crippen LogP contribution in [0, 0.1) is 0 Å². The number of rotatable bonds is 5. The Balaban J connectivity index is 1.83. The van der Waals surface area contributed by atoms with Gasteiger partial charge in [-0.25, -0.2) is 4.68 Å². The van der Waals surface area contributed by atoms with E-state index in [0.717, 1.165) is 12.8 Å². The van der Waals surface area contributed by atoms with E-state index in [1.54, 1.807) is 19.1 Å². The van der Waals surface area contributed by atoms with E-state index in [1.807, 2.05) is 12.1 Å². The fourth-order valence-electron chi connectivity index (χ4n) is 3.16. The number of carbonyl (C=O) groups is 1. The van der Waals surface area contributed by atoms with Crippen LogP contribution in [0.3, 0.4) is 0 Å². The lowest BCUT2D eigenvalue weighted by molar-refractivity contribution is 0.0720. The number of amides is 1. The minimum Gasteiger partial charge on any atom is -0.383 e. The van der Waals surface area contributed by atoms with Gasteiger partial charge >= 0.3 is 0 Å². The van der Waals surface area contributed by atoms with E-state index < -0.39 is 0 Å². The van der Waals surface area contributed by atoms with Gasteiger partial charge in [-0.2, -0.15) is 5.10 Å². The third-order valence-corrected chi connectivity index (χ3v) is 4.48. The van der Waals surface area contributed by atoms with Gasteiger partial charge in [-0.05, 0) is 30.0 Å². The first kappa shape index (κ1) is 16.4. The monoisotopic (exact) mass is 327 g/mol. The first-order valence-electron chi connectivity index (χ1n) is 8.04. The topological polar surface area (TPSA) is 64.4 Å². The van der Waals surface area contributed by atoms with Crippen LogP contribution in [-0.2, 0) is 17.7 Å². The zero-order valence-corrected chi connectivity index (χ0v) is 13.9. The number of carbonyl (C=O) groups excluding carboxylic acids is 1. The third kappa shape index (κ3) is 3.10. The van der Waals surface area contributed by atoms with Crippen LogP contribution in [0.5, 0.6) is 0 Å². The number of methoxy groups -OCH3 is 1. The number of hydrogen-bond donors (Lipinski definition) is 0. The molecule has 1 heterocycles. The maximum absolute atomic E-state index is 12.8. The molecule has 24 heavy (non-hydrogen) atoms. The van der Waals surface area contributed by atoms with Gasteiger partial charge < -0.3 is 9.64 Å². The van der Waals surface area contributed by atoms with Gasteiger partial charge in [0.25, 0.3) is 11.5 Å². The van der Waals surface area contributed by atoms with Gasteiger partial charge in [0.05, 0.1) is 19.2 Å². The zero-order valence-electron chi connectivity index (χ0n) is 13.9. The van der Waals surface area contributed by atoms with E-state index >= 15 is 0 Å². The van der Waals surface area contributed by atoms with Crippen molar-refractivity contribution in [1.82, 2.24) is 14.7 Å². The molecule has 1 aromatic heterocycles. The summed E-state index contributed by atoms with van der Waals surface area (Å²) < 4.78 is 6.24. The Kier molecular flexibility index (Phi) is 4.76. The van der Waals surface area contributed by atoms with Crippen LogP contribution >= 0.6 is 0 Å². The first-order chi connectivity index (χ1) is 11.6. The number of ether oxygens (including phenoxy) is 1. The molecule has 1 atom stereocenters. The molecule has 1 aliphatic carbocycles. The van der Waals surface area contributed by atoms with Gasteiger partial charge in [0.1, 0.15) is 5.69 Å². The Morgan fingerprint density at radius 3 is 2.92 bits per heavy atom. The van der Waals surface area contributed by atoms with Gasteiger partial charge in [0.2, 0.25) is 0 Å². The number of hydrogen-bond acceptors (Lipinski definition) is 4. The van der Waals surface area contributed by atoms with Crippen molar-refractivity contribution in [3.63, 3.8) is 0 Å². The highest BCUT2D eigenvalue weighted by Crippen LogP contribution is 2.35. The van der Waals surface area contributed by atoms with Crippen molar-refractivity contribution in [2.45, 2.75) is 25.4 Å². The van der Waals surface area contributed by atoms with Crippen molar-refractivity contribution < 1.29 is 9.53 Å². The molecular formula is C18H21N3O3. The van der Waals surface area contributed by atoms with Crippen molar-refractivity contribution in [3.8, 4) is 0 Å². The lowest BCUT2D eigenvalue weighted by Gasteiger charge is -2.25. The van der Waals surface area contributed by atoms with Crippen molar-refractivity contribution >= 4 is 5.91 Å². The van der Waals surface area contributed by atoms with E-state index in [1.165, 1.54) is 27.9 Å². The molecule has 0 radical (unpaired) electrons. The lowest BCUT2D eigenvalue weighted by Crippen LogP contribution is -2.33. The van der Waals surface area contributed by atoms with Crippen LogP contribution in [0.15, 0.2) is 41.2 Å². The summed E-state index contributed by atoms with van der Waals surface area (Å²) in [5.74, 6) is -0.178. The zero-order chi connectivity index (χ0) is 17.1. The summed E-state index contributed by atoms with van der Waals surface area (Å²) in [5, 5.41) is 4.19. The molecule has 0 aliphatic heterocycles. The fourth-order valence-corrected chi connectivity index (χ4v) is 3.16. The normalized spacial score (nSPS) is 16.0. The molecule has 0 bridgehead atoms. The number of aryl methyl sites for hydroxylation is 1. The van der Waals surface area contributed by atoms with Crippen molar-refractivity contribution in [1.29, 1.82) is 0 Å². The van der Waals surface area contributed by atoms with Gasteiger partial charge in [0.15, 0.2) is 0 Å². The largest absolute Gasteiger partial charge is 0.383 e. The summed E-state index contributed by atoms with van der Waals surface area (Å²) in [4.78, 5) is 26.3.